The molecule has 6 heteroatoms. The molecule has 2 rings (SSSR count). The first kappa shape index (κ1) is 14.9. The summed E-state index contributed by atoms with van der Waals surface area (Å²) in [4.78, 5) is 5.24. The summed E-state index contributed by atoms with van der Waals surface area (Å²) in [5.41, 5.74) is 3.23. The molecule has 1 aromatic heterocycles. The minimum atomic E-state index is -0.394. The van der Waals surface area contributed by atoms with E-state index in [1.54, 1.807) is 17.6 Å². The lowest BCUT2D eigenvalue weighted by Crippen LogP contribution is -2.23. The van der Waals surface area contributed by atoms with E-state index >= 15 is 0 Å². The Kier molecular flexibility index (Phi) is 4.95. The third-order valence-electron chi connectivity index (χ3n) is 2.83. The van der Waals surface area contributed by atoms with Crippen LogP contribution in [0, 0.1) is 12.7 Å². The van der Waals surface area contributed by atoms with Crippen LogP contribution in [0.15, 0.2) is 22.1 Å². The molecule has 1 atom stereocenters. The molecule has 0 bridgehead atoms. The van der Waals surface area contributed by atoms with Crippen molar-refractivity contribution in [1.82, 2.24) is 10.3 Å². The summed E-state index contributed by atoms with van der Waals surface area (Å²) in [7, 11) is 0. The molecular formula is C13H13BrClFN2S. The Morgan fingerprint density at radius 2 is 2.26 bits per heavy atom. The van der Waals surface area contributed by atoms with E-state index in [1.807, 2.05) is 13.8 Å². The maximum absolute atomic E-state index is 14.3. The number of benzene rings is 1. The number of nitrogens with zero attached hydrogens (tertiary/aromatic N) is 1. The Labute approximate surface area is 129 Å². The molecule has 102 valence electrons. The van der Waals surface area contributed by atoms with Crippen molar-refractivity contribution in [3.05, 3.63) is 49.1 Å². The zero-order valence-electron chi connectivity index (χ0n) is 10.5. The van der Waals surface area contributed by atoms with Crippen LogP contribution >= 0.6 is 38.9 Å². The highest BCUT2D eigenvalue weighted by molar-refractivity contribution is 9.10. The van der Waals surface area contributed by atoms with Crippen LogP contribution in [0.1, 0.15) is 29.1 Å². The van der Waals surface area contributed by atoms with Crippen molar-refractivity contribution in [2.45, 2.75) is 19.9 Å². The minimum Gasteiger partial charge on any atom is -0.306 e. The van der Waals surface area contributed by atoms with Crippen LogP contribution < -0.4 is 5.32 Å². The molecule has 0 aliphatic rings. The van der Waals surface area contributed by atoms with E-state index in [0.29, 0.717) is 10.0 Å². The SMILES string of the molecule is CCNC(c1ccc(Br)c(Cl)c1F)c1scnc1C. The molecule has 0 aliphatic heterocycles. The number of aryl methyl sites for hydroxylation is 1. The van der Waals surface area contributed by atoms with Gasteiger partial charge in [0.2, 0.25) is 0 Å². The first-order chi connectivity index (χ1) is 9.06. The fourth-order valence-corrected chi connectivity index (χ4v) is 3.27. The van der Waals surface area contributed by atoms with Gasteiger partial charge in [-0.25, -0.2) is 9.37 Å². The second-order valence-corrected chi connectivity index (χ2v) is 6.18. The zero-order chi connectivity index (χ0) is 14.0. The summed E-state index contributed by atoms with van der Waals surface area (Å²) >= 11 is 10.7. The molecule has 0 aliphatic carbocycles. The lowest BCUT2D eigenvalue weighted by molar-refractivity contribution is 0.561. The molecule has 1 N–H and O–H groups in total. The van der Waals surface area contributed by atoms with E-state index in [9.17, 15) is 4.39 Å². The van der Waals surface area contributed by atoms with Crippen molar-refractivity contribution in [2.75, 3.05) is 6.54 Å². The molecule has 1 unspecified atom stereocenters. The van der Waals surface area contributed by atoms with E-state index in [-0.39, 0.29) is 11.1 Å². The van der Waals surface area contributed by atoms with Crippen molar-refractivity contribution < 1.29 is 4.39 Å². The molecule has 0 spiro atoms. The third-order valence-corrected chi connectivity index (χ3v) is 5.08. The van der Waals surface area contributed by atoms with Crippen molar-refractivity contribution in [3.8, 4) is 0 Å². The Morgan fingerprint density at radius 1 is 1.53 bits per heavy atom. The molecule has 0 fully saturated rings. The number of thiazole rings is 1. The normalized spacial score (nSPS) is 12.7. The molecule has 1 aromatic carbocycles. The van der Waals surface area contributed by atoms with Crippen LogP contribution in [0.5, 0.6) is 0 Å². The molecule has 0 saturated carbocycles. The van der Waals surface area contributed by atoms with Gasteiger partial charge in [-0.1, -0.05) is 24.6 Å². The van der Waals surface area contributed by atoms with Crippen LogP contribution in [0.4, 0.5) is 4.39 Å². The number of aromatic nitrogens is 1. The molecule has 0 amide bonds. The Morgan fingerprint density at radius 3 is 2.84 bits per heavy atom. The lowest BCUT2D eigenvalue weighted by Gasteiger charge is -2.19. The maximum atomic E-state index is 14.3. The average Bonchev–Trinajstić information content (AvgIpc) is 2.80. The number of hydrogen-bond acceptors (Lipinski definition) is 3. The van der Waals surface area contributed by atoms with Gasteiger partial charge in [-0.3, -0.25) is 0 Å². The van der Waals surface area contributed by atoms with Crippen molar-refractivity contribution in [1.29, 1.82) is 0 Å². The second-order valence-electron chi connectivity index (χ2n) is 4.06. The molecule has 0 saturated heterocycles. The highest BCUT2D eigenvalue weighted by Crippen LogP contribution is 2.35. The lowest BCUT2D eigenvalue weighted by atomic mass is 10.0. The first-order valence-electron chi connectivity index (χ1n) is 5.83. The second kappa shape index (κ2) is 6.31. The summed E-state index contributed by atoms with van der Waals surface area (Å²) in [6, 6.07) is 3.29. The van der Waals surface area contributed by atoms with E-state index in [4.69, 9.17) is 11.6 Å². The number of nitrogens with one attached hydrogen (secondary N) is 1. The Bertz CT molecular complexity index is 588. The predicted octanol–water partition coefficient (Wildman–Crippen LogP) is 4.71. The van der Waals surface area contributed by atoms with Crippen molar-refractivity contribution in [3.63, 3.8) is 0 Å². The van der Waals surface area contributed by atoms with Crippen LogP contribution in [-0.4, -0.2) is 11.5 Å². The molecule has 2 nitrogen and oxygen atoms in total. The van der Waals surface area contributed by atoms with Gasteiger partial charge in [0, 0.05) is 14.9 Å². The van der Waals surface area contributed by atoms with Crippen LogP contribution in [0.25, 0.3) is 0 Å². The van der Waals surface area contributed by atoms with Gasteiger partial charge in [0.05, 0.1) is 22.3 Å². The molecule has 2 aromatic rings. The monoisotopic (exact) mass is 362 g/mol. The van der Waals surface area contributed by atoms with Gasteiger partial charge in [0.15, 0.2) is 0 Å². The van der Waals surface area contributed by atoms with Gasteiger partial charge in [-0.05, 0) is 35.5 Å². The van der Waals surface area contributed by atoms with Crippen LogP contribution in [0.3, 0.4) is 0 Å². The highest BCUT2D eigenvalue weighted by Gasteiger charge is 2.22. The van der Waals surface area contributed by atoms with E-state index in [0.717, 1.165) is 17.1 Å². The third kappa shape index (κ3) is 2.99. The minimum absolute atomic E-state index is 0.113. The zero-order valence-corrected chi connectivity index (χ0v) is 13.7. The molecular weight excluding hydrogens is 351 g/mol. The largest absolute Gasteiger partial charge is 0.306 e. The summed E-state index contributed by atoms with van der Waals surface area (Å²) < 4.78 is 14.9. The smallest absolute Gasteiger partial charge is 0.148 e. The standard InChI is InChI=1S/C13H13BrClFN2S/c1-3-17-12(13-7(2)18-6-19-13)8-4-5-9(14)10(15)11(8)16/h4-6,12,17H,3H2,1-2H3. The summed E-state index contributed by atoms with van der Waals surface area (Å²) in [5.74, 6) is -0.394. The highest BCUT2D eigenvalue weighted by atomic mass is 79.9. The molecule has 19 heavy (non-hydrogen) atoms. The van der Waals surface area contributed by atoms with Gasteiger partial charge >= 0.3 is 0 Å². The molecule has 1 heterocycles. The summed E-state index contributed by atoms with van der Waals surface area (Å²) in [6.07, 6.45) is 0. The fourth-order valence-electron chi connectivity index (χ4n) is 1.90. The van der Waals surface area contributed by atoms with Gasteiger partial charge < -0.3 is 5.32 Å². The average molecular weight is 364 g/mol. The molecule has 0 radical (unpaired) electrons. The summed E-state index contributed by atoms with van der Waals surface area (Å²) in [6.45, 7) is 4.64. The van der Waals surface area contributed by atoms with E-state index in [1.165, 1.54) is 11.3 Å². The number of halogens is 3. The van der Waals surface area contributed by atoms with Gasteiger partial charge in [0.25, 0.3) is 0 Å². The van der Waals surface area contributed by atoms with Gasteiger partial charge in [-0.2, -0.15) is 0 Å². The van der Waals surface area contributed by atoms with Gasteiger partial charge in [-0.15, -0.1) is 11.3 Å². The van der Waals surface area contributed by atoms with Crippen molar-refractivity contribution in [2.24, 2.45) is 0 Å². The number of hydrogen-bond donors (Lipinski definition) is 1. The Balaban J connectivity index is 2.52. The van der Waals surface area contributed by atoms with Gasteiger partial charge in [0.1, 0.15) is 5.82 Å². The maximum Gasteiger partial charge on any atom is 0.148 e. The van der Waals surface area contributed by atoms with Crippen molar-refractivity contribution >= 4 is 38.9 Å². The predicted molar refractivity (Wildman–Crippen MR) is 81.5 cm³/mol. The van der Waals surface area contributed by atoms with E-state index in [2.05, 4.69) is 26.2 Å². The quantitative estimate of drug-likeness (QED) is 0.796. The number of rotatable bonds is 4. The summed E-state index contributed by atoms with van der Waals surface area (Å²) in [5, 5.41) is 3.40. The fraction of sp³-hybridized carbons (Fsp3) is 0.308. The van der Waals surface area contributed by atoms with Crippen LogP contribution in [0.2, 0.25) is 5.02 Å². The topological polar surface area (TPSA) is 24.9 Å². The van der Waals surface area contributed by atoms with Crippen LogP contribution in [-0.2, 0) is 0 Å². The Hall–Kier alpha value is -0.490. The van der Waals surface area contributed by atoms with E-state index < -0.39 is 5.82 Å². The first-order valence-corrected chi connectivity index (χ1v) is 7.88.